The summed E-state index contributed by atoms with van der Waals surface area (Å²) in [5, 5.41) is 25.3. The van der Waals surface area contributed by atoms with E-state index in [-0.39, 0.29) is 34.4 Å². The maximum Gasteiger partial charge on any atom is 0.0634 e. The minimum atomic E-state index is -0.308. The lowest BCUT2D eigenvalue weighted by Crippen LogP contribution is -2.75. The molecule has 2 nitrogen and oxygen atoms in total. The largest absolute Gasteiger partial charge is 0.392 e. The molecule has 6 rings (SSSR count). The van der Waals surface area contributed by atoms with Crippen molar-refractivity contribution in [3.63, 3.8) is 0 Å². The molecule has 2 heteroatoms. The summed E-state index contributed by atoms with van der Waals surface area (Å²) < 4.78 is 0. The third-order valence-electron chi connectivity index (χ3n) is 18.3. The summed E-state index contributed by atoms with van der Waals surface area (Å²) in [6.45, 7) is 27.5. The molecule has 19 unspecified atom stereocenters. The predicted molar refractivity (Wildman–Crippen MR) is 180 cm³/mol. The van der Waals surface area contributed by atoms with Crippen LogP contribution in [-0.2, 0) is 0 Å². The number of fused-ring (bicyclic) bond motifs is 4. The van der Waals surface area contributed by atoms with Gasteiger partial charge in [0.1, 0.15) is 0 Å². The van der Waals surface area contributed by atoms with Gasteiger partial charge in [-0.05, 0) is 138 Å². The first kappa shape index (κ1) is 32.8. The highest BCUT2D eigenvalue weighted by molar-refractivity contribution is 5.22. The Morgan fingerprint density at radius 3 is 1.93 bits per heavy atom. The van der Waals surface area contributed by atoms with Crippen LogP contribution in [0.2, 0.25) is 0 Å². The number of hydrogen-bond acceptors (Lipinski definition) is 2. The zero-order valence-electron chi connectivity index (χ0n) is 30.3. The molecule has 0 aromatic rings. The molecule has 19 atom stereocenters. The molecule has 2 N–H and O–H groups in total. The van der Waals surface area contributed by atoms with Crippen molar-refractivity contribution in [3.8, 4) is 0 Å². The van der Waals surface area contributed by atoms with Crippen LogP contribution in [-0.4, -0.2) is 22.4 Å². The molecule has 6 fully saturated rings. The smallest absolute Gasteiger partial charge is 0.0634 e. The molecule has 0 heterocycles. The van der Waals surface area contributed by atoms with Crippen LogP contribution < -0.4 is 0 Å². The average molecular weight is 597 g/mol. The molecular weight excluding hydrogens is 524 g/mol. The molecule has 0 bridgehead atoms. The molecule has 0 spiro atoms. The molecule has 6 aliphatic carbocycles. The van der Waals surface area contributed by atoms with Crippen molar-refractivity contribution < 1.29 is 10.2 Å². The van der Waals surface area contributed by atoms with Gasteiger partial charge < -0.3 is 10.2 Å². The Hall–Kier alpha value is -0.0800. The number of rotatable bonds is 3. The molecule has 0 radical (unpaired) electrons. The summed E-state index contributed by atoms with van der Waals surface area (Å²) in [5.41, 5.74) is -0.0386. The Bertz CT molecular complexity index is 1010. The van der Waals surface area contributed by atoms with Gasteiger partial charge in [0.2, 0.25) is 0 Å². The van der Waals surface area contributed by atoms with Gasteiger partial charge in [-0.25, -0.2) is 0 Å². The Labute approximate surface area is 267 Å². The fourth-order valence-corrected chi connectivity index (χ4v) is 15.9. The van der Waals surface area contributed by atoms with E-state index < -0.39 is 0 Å². The number of hydrogen-bond donors (Lipinski definition) is 2. The third-order valence-corrected chi connectivity index (χ3v) is 18.3. The first-order valence-corrected chi connectivity index (χ1v) is 19.5. The molecule has 0 aliphatic heterocycles. The van der Waals surface area contributed by atoms with Crippen LogP contribution in [0.3, 0.4) is 0 Å². The molecule has 0 saturated heterocycles. The summed E-state index contributed by atoms with van der Waals surface area (Å²) in [4.78, 5) is 0. The lowest BCUT2D eigenvalue weighted by Gasteiger charge is -2.76. The van der Waals surface area contributed by atoms with Gasteiger partial charge in [-0.1, -0.05) is 102 Å². The van der Waals surface area contributed by atoms with Crippen molar-refractivity contribution in [2.75, 3.05) is 0 Å². The van der Waals surface area contributed by atoms with Crippen LogP contribution in [0.4, 0.5) is 0 Å². The average Bonchev–Trinajstić information content (AvgIpc) is 2.96. The van der Waals surface area contributed by atoms with E-state index in [0.29, 0.717) is 53.3 Å². The van der Waals surface area contributed by atoms with Crippen molar-refractivity contribution in [1.82, 2.24) is 0 Å². The van der Waals surface area contributed by atoms with E-state index in [9.17, 15) is 10.2 Å². The lowest BCUT2D eigenvalue weighted by atomic mass is 9.29. The van der Waals surface area contributed by atoms with E-state index in [2.05, 4.69) is 76.2 Å². The van der Waals surface area contributed by atoms with Crippen LogP contribution in [0, 0.1) is 105 Å². The summed E-state index contributed by atoms with van der Waals surface area (Å²) >= 11 is 0. The molecule has 248 valence electrons. The van der Waals surface area contributed by atoms with Crippen LogP contribution >= 0.6 is 0 Å². The highest BCUT2D eigenvalue weighted by Crippen LogP contribution is 2.76. The van der Waals surface area contributed by atoms with Gasteiger partial charge in [-0.3, -0.25) is 0 Å². The first-order valence-electron chi connectivity index (χ1n) is 19.5. The van der Waals surface area contributed by atoms with Gasteiger partial charge in [0.05, 0.1) is 12.2 Å². The molecule has 43 heavy (non-hydrogen) atoms. The van der Waals surface area contributed by atoms with Gasteiger partial charge in [-0.2, -0.15) is 0 Å². The van der Waals surface area contributed by atoms with E-state index in [1.54, 1.807) is 0 Å². The highest BCUT2D eigenvalue weighted by Gasteiger charge is 2.74. The molecule has 6 saturated carbocycles. The molecule has 0 amide bonds. The molecular formula is C41H72O2. The van der Waals surface area contributed by atoms with Crippen molar-refractivity contribution in [2.45, 2.75) is 153 Å². The van der Waals surface area contributed by atoms with E-state index in [1.807, 2.05) is 0 Å². The second-order valence-corrected chi connectivity index (χ2v) is 19.2. The van der Waals surface area contributed by atoms with E-state index in [1.165, 1.54) is 64.2 Å². The Balaban J connectivity index is 1.42. The van der Waals surface area contributed by atoms with Crippen molar-refractivity contribution in [2.24, 2.45) is 105 Å². The number of aliphatic hydroxyl groups is 2. The zero-order chi connectivity index (χ0) is 31.4. The maximum absolute atomic E-state index is 12.9. The Morgan fingerprint density at radius 2 is 1.30 bits per heavy atom. The second-order valence-electron chi connectivity index (χ2n) is 19.2. The summed E-state index contributed by atoms with van der Waals surface area (Å²) in [6, 6.07) is 0. The van der Waals surface area contributed by atoms with Crippen molar-refractivity contribution in [3.05, 3.63) is 0 Å². The summed E-state index contributed by atoms with van der Waals surface area (Å²) in [6.07, 6.45) is 13.5. The van der Waals surface area contributed by atoms with E-state index in [0.717, 1.165) is 29.6 Å². The predicted octanol–water partition coefficient (Wildman–Crippen LogP) is 10.1. The van der Waals surface area contributed by atoms with Crippen LogP contribution in [0.1, 0.15) is 140 Å². The van der Waals surface area contributed by atoms with Crippen molar-refractivity contribution in [1.29, 1.82) is 0 Å². The maximum atomic E-state index is 12.9. The third kappa shape index (κ3) is 4.28. The second kappa shape index (κ2) is 11.3. The van der Waals surface area contributed by atoms with E-state index >= 15 is 0 Å². The van der Waals surface area contributed by atoms with Crippen LogP contribution in [0.25, 0.3) is 0 Å². The number of aliphatic hydroxyl groups excluding tert-OH is 2. The minimum Gasteiger partial charge on any atom is -0.392 e. The van der Waals surface area contributed by atoms with Crippen molar-refractivity contribution >= 4 is 0 Å². The van der Waals surface area contributed by atoms with Gasteiger partial charge in [0, 0.05) is 5.41 Å². The Morgan fingerprint density at radius 1 is 0.698 bits per heavy atom. The fourth-order valence-electron chi connectivity index (χ4n) is 15.9. The zero-order valence-corrected chi connectivity index (χ0v) is 30.3. The molecule has 0 aromatic heterocycles. The van der Waals surface area contributed by atoms with E-state index in [4.69, 9.17) is 0 Å². The summed E-state index contributed by atoms with van der Waals surface area (Å²) in [7, 11) is 0. The fraction of sp³-hybridized carbons (Fsp3) is 1.00. The van der Waals surface area contributed by atoms with Gasteiger partial charge in [-0.15, -0.1) is 0 Å². The molecule has 6 aliphatic rings. The Kier molecular flexibility index (Phi) is 8.61. The van der Waals surface area contributed by atoms with Crippen LogP contribution in [0.5, 0.6) is 0 Å². The SMILES string of the molecule is CCC1CCC(C2CCC(C)C3C(O)C4C(C)C5(C)C(O)C(C(C)C)C(C)CC5(C)C(C)C4(C)C(C)C23)C2CCCCC12. The van der Waals surface area contributed by atoms with Crippen LogP contribution in [0.15, 0.2) is 0 Å². The highest BCUT2D eigenvalue weighted by atomic mass is 16.3. The quantitative estimate of drug-likeness (QED) is 0.340. The van der Waals surface area contributed by atoms with Gasteiger partial charge >= 0.3 is 0 Å². The monoisotopic (exact) mass is 597 g/mol. The topological polar surface area (TPSA) is 40.5 Å². The first-order chi connectivity index (χ1) is 20.2. The minimum absolute atomic E-state index is 0.0616. The normalized spacial score (nSPS) is 60.4. The lowest BCUT2D eigenvalue weighted by molar-refractivity contribution is -0.317. The van der Waals surface area contributed by atoms with Gasteiger partial charge in [0.25, 0.3) is 0 Å². The molecule has 0 aromatic carbocycles. The summed E-state index contributed by atoms with van der Waals surface area (Å²) in [5.74, 6) is 9.17. The standard InChI is InChI=1S/C41H72O2/c1-12-28-18-20-31(30-16-14-13-15-29(28)30)32-19-17-23(4)34-35(32)25(6)40(10)27(8)39(9)21-24(5)33(22(2)3)38(43)41(39,11)26(7)36(40)37(34)42/h22-38,42-43H,12-21H2,1-11H3. The van der Waals surface area contributed by atoms with Gasteiger partial charge in [0.15, 0.2) is 0 Å².